The molecule has 1 rings (SSSR count). The Morgan fingerprint density at radius 3 is 2.53 bits per heavy atom. The standard InChI is InChI=1S/C13H23N3O/c1-5-6-7-8-9-14-13(17)12-15-10(2)11(3)16(12)4/h5-9H2,1-4H3,(H,14,17). The summed E-state index contributed by atoms with van der Waals surface area (Å²) in [4.78, 5) is 16.1. The van der Waals surface area contributed by atoms with E-state index < -0.39 is 0 Å². The summed E-state index contributed by atoms with van der Waals surface area (Å²) in [5, 5.41) is 2.92. The van der Waals surface area contributed by atoms with E-state index in [0.717, 1.165) is 24.4 Å². The summed E-state index contributed by atoms with van der Waals surface area (Å²) in [5.74, 6) is 0.440. The van der Waals surface area contributed by atoms with Gasteiger partial charge in [-0.2, -0.15) is 0 Å². The first-order valence-corrected chi connectivity index (χ1v) is 6.36. The zero-order valence-corrected chi connectivity index (χ0v) is 11.3. The number of aromatic nitrogens is 2. The van der Waals surface area contributed by atoms with Gasteiger partial charge in [0.15, 0.2) is 5.82 Å². The number of nitrogens with zero attached hydrogens (tertiary/aromatic N) is 2. The zero-order chi connectivity index (χ0) is 12.8. The predicted molar refractivity (Wildman–Crippen MR) is 69.2 cm³/mol. The van der Waals surface area contributed by atoms with Gasteiger partial charge in [0.05, 0.1) is 5.69 Å². The monoisotopic (exact) mass is 237 g/mol. The third kappa shape index (κ3) is 3.58. The highest BCUT2D eigenvalue weighted by Crippen LogP contribution is 2.07. The molecule has 1 heterocycles. The Bertz CT molecular complexity index is 382. The predicted octanol–water partition coefficient (Wildman–Crippen LogP) is 2.35. The number of amides is 1. The second-order valence-electron chi connectivity index (χ2n) is 4.48. The minimum Gasteiger partial charge on any atom is -0.349 e. The molecule has 0 unspecified atom stereocenters. The molecule has 0 aliphatic carbocycles. The fraction of sp³-hybridized carbons (Fsp3) is 0.692. The van der Waals surface area contributed by atoms with Gasteiger partial charge in [-0.3, -0.25) is 4.79 Å². The van der Waals surface area contributed by atoms with Crippen LogP contribution in [0.3, 0.4) is 0 Å². The van der Waals surface area contributed by atoms with Gasteiger partial charge >= 0.3 is 0 Å². The average molecular weight is 237 g/mol. The molecule has 0 saturated heterocycles. The maximum atomic E-state index is 11.9. The molecule has 1 aromatic rings. The number of rotatable bonds is 6. The molecule has 0 atom stereocenters. The fourth-order valence-electron chi connectivity index (χ4n) is 1.75. The Morgan fingerprint density at radius 1 is 1.29 bits per heavy atom. The van der Waals surface area contributed by atoms with E-state index in [4.69, 9.17) is 0 Å². The molecule has 0 spiro atoms. The van der Waals surface area contributed by atoms with Gasteiger partial charge in [0.25, 0.3) is 5.91 Å². The summed E-state index contributed by atoms with van der Waals surface area (Å²) in [6.45, 7) is 6.82. The van der Waals surface area contributed by atoms with Crippen LogP contribution in [0.4, 0.5) is 0 Å². The molecule has 0 aliphatic rings. The molecule has 1 amide bonds. The van der Waals surface area contributed by atoms with Crippen molar-refractivity contribution in [3.8, 4) is 0 Å². The smallest absolute Gasteiger partial charge is 0.287 e. The van der Waals surface area contributed by atoms with Crippen molar-refractivity contribution in [2.24, 2.45) is 7.05 Å². The number of hydrogen-bond acceptors (Lipinski definition) is 2. The van der Waals surface area contributed by atoms with Crippen LogP contribution in [0.15, 0.2) is 0 Å². The molecule has 1 N–H and O–H groups in total. The SMILES string of the molecule is CCCCCCNC(=O)c1nc(C)c(C)n1C. The van der Waals surface area contributed by atoms with E-state index in [9.17, 15) is 4.79 Å². The van der Waals surface area contributed by atoms with Crippen molar-refractivity contribution >= 4 is 5.91 Å². The maximum absolute atomic E-state index is 11.9. The number of aryl methyl sites for hydroxylation is 1. The van der Waals surface area contributed by atoms with E-state index in [1.807, 2.05) is 25.5 Å². The minimum absolute atomic E-state index is 0.0693. The van der Waals surface area contributed by atoms with Crippen LogP contribution in [0, 0.1) is 13.8 Å². The quantitative estimate of drug-likeness (QED) is 0.772. The van der Waals surface area contributed by atoms with Gasteiger partial charge in [-0.15, -0.1) is 0 Å². The van der Waals surface area contributed by atoms with Gasteiger partial charge in [-0.05, 0) is 20.3 Å². The van der Waals surface area contributed by atoms with E-state index in [1.165, 1.54) is 19.3 Å². The van der Waals surface area contributed by atoms with E-state index in [1.54, 1.807) is 0 Å². The molecule has 0 aromatic carbocycles. The van der Waals surface area contributed by atoms with Crippen molar-refractivity contribution in [3.63, 3.8) is 0 Å². The highest BCUT2D eigenvalue weighted by atomic mass is 16.2. The van der Waals surface area contributed by atoms with Crippen LogP contribution in [-0.4, -0.2) is 22.0 Å². The lowest BCUT2D eigenvalue weighted by molar-refractivity contribution is 0.0939. The van der Waals surface area contributed by atoms with Crippen molar-refractivity contribution in [3.05, 3.63) is 17.2 Å². The van der Waals surface area contributed by atoms with Gasteiger partial charge < -0.3 is 9.88 Å². The average Bonchev–Trinajstić information content (AvgIpc) is 2.56. The number of nitrogens with one attached hydrogen (secondary N) is 1. The first-order chi connectivity index (χ1) is 8.07. The lowest BCUT2D eigenvalue weighted by atomic mass is 10.2. The molecule has 0 aliphatic heterocycles. The Morgan fingerprint density at radius 2 is 2.00 bits per heavy atom. The van der Waals surface area contributed by atoms with E-state index in [0.29, 0.717) is 5.82 Å². The van der Waals surface area contributed by atoms with Crippen molar-refractivity contribution in [2.75, 3.05) is 6.54 Å². The van der Waals surface area contributed by atoms with E-state index in [-0.39, 0.29) is 5.91 Å². The molecular formula is C13H23N3O. The first-order valence-electron chi connectivity index (χ1n) is 6.36. The number of imidazole rings is 1. The number of carbonyl (C=O) groups is 1. The zero-order valence-electron chi connectivity index (χ0n) is 11.3. The molecule has 17 heavy (non-hydrogen) atoms. The molecular weight excluding hydrogens is 214 g/mol. The second kappa shape index (κ2) is 6.42. The minimum atomic E-state index is -0.0693. The van der Waals surface area contributed by atoms with Crippen LogP contribution in [-0.2, 0) is 7.05 Å². The lowest BCUT2D eigenvalue weighted by Crippen LogP contribution is -2.27. The molecule has 4 nitrogen and oxygen atoms in total. The third-order valence-corrected chi connectivity index (χ3v) is 3.14. The summed E-state index contributed by atoms with van der Waals surface area (Å²) >= 11 is 0. The lowest BCUT2D eigenvalue weighted by Gasteiger charge is -2.05. The van der Waals surface area contributed by atoms with Crippen molar-refractivity contribution in [2.45, 2.75) is 46.5 Å². The highest BCUT2D eigenvalue weighted by molar-refractivity contribution is 5.91. The molecule has 0 radical (unpaired) electrons. The van der Waals surface area contributed by atoms with Gasteiger partial charge in [0, 0.05) is 19.3 Å². The van der Waals surface area contributed by atoms with Gasteiger partial charge in [0.1, 0.15) is 0 Å². The Kier molecular flexibility index (Phi) is 5.19. The summed E-state index contributed by atoms with van der Waals surface area (Å²) < 4.78 is 1.84. The topological polar surface area (TPSA) is 46.9 Å². The molecule has 96 valence electrons. The molecule has 4 heteroatoms. The van der Waals surface area contributed by atoms with Crippen LogP contribution in [0.2, 0.25) is 0 Å². The highest BCUT2D eigenvalue weighted by Gasteiger charge is 2.14. The summed E-state index contributed by atoms with van der Waals surface area (Å²) in [6.07, 6.45) is 4.67. The summed E-state index contributed by atoms with van der Waals surface area (Å²) in [7, 11) is 1.88. The van der Waals surface area contributed by atoms with Crippen molar-refractivity contribution in [1.29, 1.82) is 0 Å². The van der Waals surface area contributed by atoms with Crippen LogP contribution < -0.4 is 5.32 Å². The Labute approximate surface area is 103 Å². The third-order valence-electron chi connectivity index (χ3n) is 3.14. The van der Waals surface area contributed by atoms with Crippen molar-refractivity contribution < 1.29 is 4.79 Å². The second-order valence-corrected chi connectivity index (χ2v) is 4.48. The number of hydrogen-bond donors (Lipinski definition) is 1. The summed E-state index contributed by atoms with van der Waals surface area (Å²) in [5.41, 5.74) is 1.96. The van der Waals surface area contributed by atoms with Crippen LogP contribution in [0.1, 0.15) is 54.6 Å². The largest absolute Gasteiger partial charge is 0.349 e. The molecule has 0 bridgehead atoms. The molecule has 0 saturated carbocycles. The number of carbonyl (C=O) groups excluding carboxylic acids is 1. The van der Waals surface area contributed by atoms with Crippen LogP contribution in [0.25, 0.3) is 0 Å². The normalized spacial score (nSPS) is 10.6. The van der Waals surface area contributed by atoms with Gasteiger partial charge in [-0.25, -0.2) is 4.98 Å². The van der Waals surface area contributed by atoms with Gasteiger partial charge in [-0.1, -0.05) is 26.2 Å². The van der Waals surface area contributed by atoms with E-state index in [2.05, 4.69) is 17.2 Å². The summed E-state index contributed by atoms with van der Waals surface area (Å²) in [6, 6.07) is 0. The number of unbranched alkanes of at least 4 members (excludes halogenated alkanes) is 3. The van der Waals surface area contributed by atoms with Crippen molar-refractivity contribution in [1.82, 2.24) is 14.9 Å². The Hall–Kier alpha value is -1.32. The molecule has 1 aromatic heterocycles. The maximum Gasteiger partial charge on any atom is 0.287 e. The fourth-order valence-corrected chi connectivity index (χ4v) is 1.75. The van der Waals surface area contributed by atoms with Crippen LogP contribution in [0.5, 0.6) is 0 Å². The van der Waals surface area contributed by atoms with E-state index >= 15 is 0 Å². The first kappa shape index (κ1) is 13.7. The van der Waals surface area contributed by atoms with Crippen LogP contribution >= 0.6 is 0 Å². The Balaban J connectivity index is 2.44. The van der Waals surface area contributed by atoms with Gasteiger partial charge in [0.2, 0.25) is 0 Å². The molecule has 0 fully saturated rings.